The molecule has 0 atom stereocenters. The zero-order chi connectivity index (χ0) is 23.2. The van der Waals surface area contributed by atoms with Crippen LogP contribution in [0.4, 0.5) is 0 Å². The molecule has 172 valence electrons. The van der Waals surface area contributed by atoms with Crippen molar-refractivity contribution in [1.29, 1.82) is 0 Å². The summed E-state index contributed by atoms with van der Waals surface area (Å²) < 4.78 is 7.25. The minimum absolute atomic E-state index is 0.0240. The predicted octanol–water partition coefficient (Wildman–Crippen LogP) is 3.97. The first-order valence-electron chi connectivity index (χ1n) is 11.4. The smallest absolute Gasteiger partial charge is 0.254 e. The highest BCUT2D eigenvalue weighted by atomic mass is 16.5. The third-order valence-electron chi connectivity index (χ3n) is 6.11. The van der Waals surface area contributed by atoms with Crippen LogP contribution in [0.15, 0.2) is 72.9 Å². The maximum atomic E-state index is 13.3. The van der Waals surface area contributed by atoms with Crippen LogP contribution in [0, 0.1) is 0 Å². The van der Waals surface area contributed by atoms with E-state index in [1.54, 1.807) is 12.0 Å². The number of nitrogens with zero attached hydrogens (tertiary/aromatic N) is 3. The van der Waals surface area contributed by atoms with Gasteiger partial charge in [0, 0.05) is 44.2 Å². The van der Waals surface area contributed by atoms with Gasteiger partial charge in [-0.3, -0.25) is 9.59 Å². The highest BCUT2D eigenvalue weighted by Gasteiger charge is 2.34. The first-order chi connectivity index (χ1) is 16.1. The summed E-state index contributed by atoms with van der Waals surface area (Å²) in [5.74, 6) is -0.182. The number of methoxy groups -OCH3 is 1. The maximum absolute atomic E-state index is 13.3. The fourth-order valence-corrected chi connectivity index (χ4v) is 3.97. The third-order valence-corrected chi connectivity index (χ3v) is 6.11. The summed E-state index contributed by atoms with van der Waals surface area (Å²) >= 11 is 0. The average Bonchev–Trinajstić information content (AvgIpc) is 3.61. The standard InChI is InChI=1S/C27H31N3O3/c1-28-16-6-9-25(28)19-30(24-14-15-24)26(31)20-29(17-18-33-2)27(32)23-12-10-22(11-13-23)21-7-4-3-5-8-21/h3-13,16,24H,14-15,17-20H2,1-2H3. The van der Waals surface area contributed by atoms with Gasteiger partial charge in [-0.15, -0.1) is 0 Å². The molecule has 1 heterocycles. The van der Waals surface area contributed by atoms with Crippen LogP contribution in [0.1, 0.15) is 28.9 Å². The number of carbonyl (C=O) groups excluding carboxylic acids is 2. The van der Waals surface area contributed by atoms with Gasteiger partial charge in [0.15, 0.2) is 0 Å². The lowest BCUT2D eigenvalue weighted by Crippen LogP contribution is -2.44. The number of aromatic nitrogens is 1. The van der Waals surface area contributed by atoms with Crippen molar-refractivity contribution in [1.82, 2.24) is 14.4 Å². The van der Waals surface area contributed by atoms with Crippen LogP contribution >= 0.6 is 0 Å². The lowest BCUT2D eigenvalue weighted by molar-refractivity contribution is -0.133. The maximum Gasteiger partial charge on any atom is 0.254 e. The van der Waals surface area contributed by atoms with Gasteiger partial charge in [0.25, 0.3) is 5.91 Å². The van der Waals surface area contributed by atoms with Crippen LogP contribution in [0.3, 0.4) is 0 Å². The molecule has 1 aliphatic carbocycles. The van der Waals surface area contributed by atoms with Gasteiger partial charge < -0.3 is 19.1 Å². The van der Waals surface area contributed by atoms with Crippen molar-refractivity contribution in [3.05, 3.63) is 84.2 Å². The van der Waals surface area contributed by atoms with Crippen molar-refractivity contribution < 1.29 is 14.3 Å². The first-order valence-corrected chi connectivity index (χ1v) is 11.4. The van der Waals surface area contributed by atoms with Crippen LogP contribution < -0.4 is 0 Å². The van der Waals surface area contributed by atoms with Crippen LogP contribution in [0.5, 0.6) is 0 Å². The third kappa shape index (κ3) is 5.71. The normalized spacial score (nSPS) is 13.0. The Labute approximate surface area is 195 Å². The molecule has 0 aliphatic heterocycles. The Bertz CT molecular complexity index is 1070. The summed E-state index contributed by atoms with van der Waals surface area (Å²) in [4.78, 5) is 30.1. The number of carbonyl (C=O) groups is 2. The largest absolute Gasteiger partial charge is 0.383 e. The Kier molecular flexibility index (Phi) is 7.25. The Morgan fingerprint density at radius 3 is 2.27 bits per heavy atom. The summed E-state index contributed by atoms with van der Waals surface area (Å²) in [5, 5.41) is 0. The Balaban J connectivity index is 1.48. The van der Waals surface area contributed by atoms with E-state index >= 15 is 0 Å². The molecule has 6 heteroatoms. The van der Waals surface area contributed by atoms with Crippen LogP contribution in [-0.4, -0.2) is 59.0 Å². The zero-order valence-electron chi connectivity index (χ0n) is 19.3. The lowest BCUT2D eigenvalue weighted by atomic mass is 10.0. The first kappa shape index (κ1) is 22.8. The SMILES string of the molecule is COCCN(CC(=O)N(Cc1cccn1C)C1CC1)C(=O)c1ccc(-c2ccccc2)cc1. The van der Waals surface area contributed by atoms with Gasteiger partial charge in [-0.2, -0.15) is 0 Å². The molecule has 3 aromatic rings. The Morgan fingerprint density at radius 1 is 0.970 bits per heavy atom. The van der Waals surface area contributed by atoms with E-state index in [2.05, 4.69) is 0 Å². The van der Waals surface area contributed by atoms with Gasteiger partial charge in [-0.1, -0.05) is 42.5 Å². The molecule has 1 aromatic heterocycles. The molecule has 1 fully saturated rings. The number of hydrogen-bond donors (Lipinski definition) is 0. The van der Waals surface area contributed by atoms with Gasteiger partial charge >= 0.3 is 0 Å². The number of benzene rings is 2. The van der Waals surface area contributed by atoms with Gasteiger partial charge in [-0.25, -0.2) is 0 Å². The molecule has 6 nitrogen and oxygen atoms in total. The molecule has 0 saturated heterocycles. The van der Waals surface area contributed by atoms with Crippen molar-refractivity contribution >= 4 is 11.8 Å². The molecule has 0 radical (unpaired) electrons. The van der Waals surface area contributed by atoms with E-state index < -0.39 is 0 Å². The van der Waals surface area contributed by atoms with Crippen molar-refractivity contribution in [3.63, 3.8) is 0 Å². The molecule has 33 heavy (non-hydrogen) atoms. The molecule has 0 bridgehead atoms. The van der Waals surface area contributed by atoms with Gasteiger partial charge in [0.1, 0.15) is 6.54 Å². The van der Waals surface area contributed by atoms with E-state index in [0.717, 1.165) is 29.7 Å². The molecule has 0 N–H and O–H groups in total. The van der Waals surface area contributed by atoms with Crippen LogP contribution in [0.25, 0.3) is 11.1 Å². The minimum Gasteiger partial charge on any atom is -0.383 e. The van der Waals surface area contributed by atoms with Crippen molar-refractivity contribution in [2.24, 2.45) is 7.05 Å². The summed E-state index contributed by atoms with van der Waals surface area (Å²) in [6, 6.07) is 21.9. The highest BCUT2D eigenvalue weighted by Crippen LogP contribution is 2.29. The number of amides is 2. The zero-order valence-corrected chi connectivity index (χ0v) is 19.3. The molecular weight excluding hydrogens is 414 g/mol. The molecule has 0 spiro atoms. The van der Waals surface area contributed by atoms with Crippen LogP contribution in [0.2, 0.25) is 0 Å². The topological polar surface area (TPSA) is 54.8 Å². The van der Waals surface area contributed by atoms with Gasteiger partial charge in [0.05, 0.1) is 13.2 Å². The number of ether oxygens (including phenoxy) is 1. The molecular formula is C27H31N3O3. The Hall–Kier alpha value is -3.38. The second-order valence-corrected chi connectivity index (χ2v) is 8.53. The quantitative estimate of drug-likeness (QED) is 0.475. The molecule has 1 aliphatic rings. The van der Waals surface area contributed by atoms with Crippen molar-refractivity contribution in [2.45, 2.75) is 25.4 Å². The predicted molar refractivity (Wildman–Crippen MR) is 129 cm³/mol. The fraction of sp³-hybridized carbons (Fsp3) is 0.333. The number of rotatable bonds is 10. The summed E-state index contributed by atoms with van der Waals surface area (Å²) in [6.07, 6.45) is 4.02. The summed E-state index contributed by atoms with van der Waals surface area (Å²) in [5.41, 5.74) is 3.80. The molecule has 1 saturated carbocycles. The molecule has 0 unspecified atom stereocenters. The van der Waals surface area contributed by atoms with Gasteiger partial charge in [0.2, 0.25) is 5.91 Å². The molecule has 2 amide bonds. The Morgan fingerprint density at radius 2 is 1.67 bits per heavy atom. The van der Waals surface area contributed by atoms with Crippen molar-refractivity contribution in [3.8, 4) is 11.1 Å². The summed E-state index contributed by atoms with van der Waals surface area (Å²) in [6.45, 7) is 1.35. The van der Waals surface area contributed by atoms with Crippen molar-refractivity contribution in [2.75, 3.05) is 26.8 Å². The molecule has 2 aromatic carbocycles. The van der Waals surface area contributed by atoms with Gasteiger partial charge in [-0.05, 0) is 48.2 Å². The second-order valence-electron chi connectivity index (χ2n) is 8.53. The van der Waals surface area contributed by atoms with E-state index in [0.29, 0.717) is 25.3 Å². The van der Waals surface area contributed by atoms with E-state index in [1.807, 2.05) is 89.4 Å². The average molecular weight is 446 g/mol. The molecule has 4 rings (SSSR count). The van der Waals surface area contributed by atoms with E-state index in [4.69, 9.17) is 4.74 Å². The van der Waals surface area contributed by atoms with E-state index in [9.17, 15) is 9.59 Å². The second kappa shape index (κ2) is 10.5. The van der Waals surface area contributed by atoms with E-state index in [-0.39, 0.29) is 24.4 Å². The highest BCUT2D eigenvalue weighted by molar-refractivity contribution is 5.97. The van der Waals surface area contributed by atoms with Crippen LogP contribution in [-0.2, 0) is 23.1 Å². The van der Waals surface area contributed by atoms with E-state index in [1.165, 1.54) is 0 Å². The number of aryl methyl sites for hydroxylation is 1. The minimum atomic E-state index is -0.158. The summed E-state index contributed by atoms with van der Waals surface area (Å²) in [7, 11) is 3.59. The monoisotopic (exact) mass is 445 g/mol. The fourth-order valence-electron chi connectivity index (χ4n) is 3.97. The lowest BCUT2D eigenvalue weighted by Gasteiger charge is -2.28. The number of hydrogen-bond acceptors (Lipinski definition) is 3.